The normalized spacial score (nSPS) is 18.9. The van der Waals surface area contributed by atoms with Crippen molar-refractivity contribution >= 4 is 27.3 Å². The number of amides is 1. The number of anilines is 2. The molecule has 1 atom stereocenters. The van der Waals surface area contributed by atoms with E-state index >= 15 is 0 Å². The molecule has 2 aromatic rings. The summed E-state index contributed by atoms with van der Waals surface area (Å²) in [4.78, 5) is 15.1. The number of hydrogen-bond donors (Lipinski definition) is 1. The van der Waals surface area contributed by atoms with E-state index in [2.05, 4.69) is 10.2 Å². The smallest absolute Gasteiger partial charge is 0.250 e. The maximum atomic E-state index is 13.6. The molecule has 0 radical (unpaired) electrons. The van der Waals surface area contributed by atoms with Crippen LogP contribution in [0.3, 0.4) is 0 Å². The van der Waals surface area contributed by atoms with Gasteiger partial charge in [-0.1, -0.05) is 6.42 Å². The van der Waals surface area contributed by atoms with Crippen molar-refractivity contribution < 1.29 is 22.7 Å². The first-order valence-electron chi connectivity index (χ1n) is 12.7. The second kappa shape index (κ2) is 11.6. The van der Waals surface area contributed by atoms with E-state index in [1.165, 1.54) is 18.5 Å². The van der Waals surface area contributed by atoms with Crippen LogP contribution in [0, 0.1) is 13.8 Å². The Labute approximate surface area is 214 Å². The summed E-state index contributed by atoms with van der Waals surface area (Å²) in [6.45, 7) is 6.22. The van der Waals surface area contributed by atoms with Crippen LogP contribution >= 0.6 is 0 Å². The van der Waals surface area contributed by atoms with Gasteiger partial charge in [-0.25, -0.2) is 8.42 Å². The minimum absolute atomic E-state index is 0.126. The molecule has 0 spiro atoms. The fourth-order valence-corrected chi connectivity index (χ4v) is 7.32. The van der Waals surface area contributed by atoms with Gasteiger partial charge in [0.05, 0.1) is 18.6 Å². The number of carbonyl (C=O) groups excluding carboxylic acids is 1. The van der Waals surface area contributed by atoms with Crippen molar-refractivity contribution in [2.24, 2.45) is 0 Å². The van der Waals surface area contributed by atoms with E-state index in [9.17, 15) is 13.2 Å². The molecule has 36 heavy (non-hydrogen) atoms. The second-order valence-electron chi connectivity index (χ2n) is 9.66. The van der Waals surface area contributed by atoms with Crippen LogP contribution in [-0.2, 0) is 19.6 Å². The van der Waals surface area contributed by atoms with E-state index in [4.69, 9.17) is 9.47 Å². The fraction of sp³-hybridized carbons (Fsp3) is 0.519. The SMILES string of the molecule is COc1cc(C)c(S(=O)(=O)N2CCCCC2COCC(=O)Nc2ccc(N3CCCC3)cc2)c(C)c1. The van der Waals surface area contributed by atoms with Crippen LogP contribution in [-0.4, -0.2) is 64.6 Å². The first kappa shape index (κ1) is 26.4. The summed E-state index contributed by atoms with van der Waals surface area (Å²) in [5.74, 6) is 0.384. The van der Waals surface area contributed by atoms with Crippen molar-refractivity contribution in [1.29, 1.82) is 0 Å². The number of nitrogens with one attached hydrogen (secondary N) is 1. The van der Waals surface area contributed by atoms with Gasteiger partial charge in [0.25, 0.3) is 0 Å². The Kier molecular flexibility index (Phi) is 8.54. The number of piperidine rings is 1. The summed E-state index contributed by atoms with van der Waals surface area (Å²) in [6.07, 6.45) is 4.87. The molecular weight excluding hydrogens is 478 g/mol. The van der Waals surface area contributed by atoms with Crippen LogP contribution in [0.4, 0.5) is 11.4 Å². The highest BCUT2D eigenvalue weighted by Gasteiger charge is 2.35. The van der Waals surface area contributed by atoms with Crippen molar-refractivity contribution in [3.8, 4) is 5.75 Å². The number of benzene rings is 2. The molecule has 196 valence electrons. The highest BCUT2D eigenvalue weighted by molar-refractivity contribution is 7.89. The molecular formula is C27H37N3O5S. The second-order valence-corrected chi connectivity index (χ2v) is 11.5. The first-order chi connectivity index (χ1) is 17.3. The minimum atomic E-state index is -3.71. The van der Waals surface area contributed by atoms with Gasteiger partial charge in [-0.3, -0.25) is 4.79 Å². The van der Waals surface area contributed by atoms with Gasteiger partial charge in [0.1, 0.15) is 12.4 Å². The van der Waals surface area contributed by atoms with E-state index in [1.54, 1.807) is 37.4 Å². The average molecular weight is 516 g/mol. The molecule has 0 bridgehead atoms. The highest BCUT2D eigenvalue weighted by Crippen LogP contribution is 2.32. The third kappa shape index (κ3) is 6.02. The van der Waals surface area contributed by atoms with Crippen molar-refractivity contribution in [2.75, 3.05) is 50.2 Å². The summed E-state index contributed by atoms with van der Waals surface area (Å²) in [6, 6.07) is 11.0. The van der Waals surface area contributed by atoms with Crippen LogP contribution < -0.4 is 15.0 Å². The van der Waals surface area contributed by atoms with E-state index in [0.29, 0.717) is 34.7 Å². The van der Waals surface area contributed by atoms with Crippen molar-refractivity contribution in [3.05, 3.63) is 47.5 Å². The Morgan fingerprint density at radius 1 is 1.00 bits per heavy atom. The van der Waals surface area contributed by atoms with Gasteiger partial charge in [-0.05, 0) is 87.1 Å². The third-order valence-corrected chi connectivity index (χ3v) is 9.23. The molecule has 9 heteroatoms. The Morgan fingerprint density at radius 3 is 2.28 bits per heavy atom. The lowest BCUT2D eigenvalue weighted by atomic mass is 10.1. The van der Waals surface area contributed by atoms with E-state index < -0.39 is 10.0 Å². The molecule has 4 rings (SSSR count). The summed E-state index contributed by atoms with van der Waals surface area (Å²) in [5, 5.41) is 2.86. The quantitative estimate of drug-likeness (QED) is 0.541. The minimum Gasteiger partial charge on any atom is -0.497 e. The molecule has 2 aliphatic heterocycles. The number of ether oxygens (including phenoxy) is 2. The summed E-state index contributed by atoms with van der Waals surface area (Å²) in [5.41, 5.74) is 3.21. The van der Waals surface area contributed by atoms with E-state index in [1.807, 2.05) is 24.3 Å². The van der Waals surface area contributed by atoms with Gasteiger partial charge in [-0.2, -0.15) is 4.31 Å². The molecule has 1 amide bonds. The van der Waals surface area contributed by atoms with Crippen molar-refractivity contribution in [1.82, 2.24) is 4.31 Å². The summed E-state index contributed by atoms with van der Waals surface area (Å²) in [7, 11) is -2.15. The number of nitrogens with zero attached hydrogens (tertiary/aromatic N) is 2. The van der Waals surface area contributed by atoms with Gasteiger partial charge in [0.15, 0.2) is 0 Å². The topological polar surface area (TPSA) is 88.2 Å². The lowest BCUT2D eigenvalue weighted by Crippen LogP contribution is -2.46. The molecule has 0 saturated carbocycles. The predicted octanol–water partition coefficient (Wildman–Crippen LogP) is 4.11. The zero-order valence-corrected chi connectivity index (χ0v) is 22.3. The monoisotopic (exact) mass is 515 g/mol. The number of hydrogen-bond acceptors (Lipinski definition) is 6. The van der Waals surface area contributed by atoms with Gasteiger partial charge in [0, 0.05) is 37.1 Å². The van der Waals surface area contributed by atoms with Crippen LogP contribution in [0.25, 0.3) is 0 Å². The average Bonchev–Trinajstić information content (AvgIpc) is 3.39. The first-order valence-corrected chi connectivity index (χ1v) is 14.1. The molecule has 1 N–H and O–H groups in total. The Bertz CT molecular complexity index is 1140. The summed E-state index contributed by atoms with van der Waals surface area (Å²) < 4.78 is 39.9. The van der Waals surface area contributed by atoms with Crippen LogP contribution in [0.5, 0.6) is 5.75 Å². The molecule has 0 aromatic heterocycles. The van der Waals surface area contributed by atoms with Crippen LogP contribution in [0.1, 0.15) is 43.2 Å². The lowest BCUT2D eigenvalue weighted by Gasteiger charge is -2.35. The molecule has 2 heterocycles. The molecule has 0 aliphatic carbocycles. The Balaban J connectivity index is 1.34. The van der Waals surface area contributed by atoms with Crippen LogP contribution in [0.15, 0.2) is 41.3 Å². The molecule has 2 aliphatic rings. The molecule has 2 saturated heterocycles. The third-order valence-electron chi connectivity index (χ3n) is 6.98. The maximum absolute atomic E-state index is 13.6. The zero-order valence-electron chi connectivity index (χ0n) is 21.5. The zero-order chi connectivity index (χ0) is 25.7. The summed E-state index contributed by atoms with van der Waals surface area (Å²) >= 11 is 0. The molecule has 8 nitrogen and oxygen atoms in total. The molecule has 1 unspecified atom stereocenters. The Morgan fingerprint density at radius 2 is 1.64 bits per heavy atom. The number of aryl methyl sites for hydroxylation is 2. The van der Waals surface area contributed by atoms with Gasteiger partial charge in [-0.15, -0.1) is 0 Å². The Hall–Kier alpha value is -2.62. The number of rotatable bonds is 9. The van der Waals surface area contributed by atoms with Gasteiger partial charge >= 0.3 is 0 Å². The van der Waals surface area contributed by atoms with Crippen molar-refractivity contribution in [3.63, 3.8) is 0 Å². The maximum Gasteiger partial charge on any atom is 0.250 e. The molecule has 2 fully saturated rings. The number of carbonyl (C=O) groups is 1. The largest absolute Gasteiger partial charge is 0.497 e. The predicted molar refractivity (Wildman–Crippen MR) is 141 cm³/mol. The van der Waals surface area contributed by atoms with E-state index in [0.717, 1.165) is 31.6 Å². The highest BCUT2D eigenvalue weighted by atomic mass is 32.2. The standard InChI is InChI=1S/C27H37N3O5S/c1-20-16-25(34-3)17-21(2)27(20)36(32,33)30-15-5-4-8-24(30)18-35-19-26(31)28-22-9-11-23(12-10-22)29-13-6-7-14-29/h9-12,16-17,24H,4-8,13-15,18-19H2,1-3H3,(H,28,31). The fourth-order valence-electron chi connectivity index (χ4n) is 5.23. The number of sulfonamides is 1. The van der Waals surface area contributed by atoms with Gasteiger partial charge in [0.2, 0.25) is 15.9 Å². The van der Waals surface area contributed by atoms with Crippen molar-refractivity contribution in [2.45, 2.75) is 56.9 Å². The van der Waals surface area contributed by atoms with Gasteiger partial charge < -0.3 is 19.7 Å². The van der Waals surface area contributed by atoms with Crippen LogP contribution in [0.2, 0.25) is 0 Å². The lowest BCUT2D eigenvalue weighted by molar-refractivity contribution is -0.121. The molecule has 2 aromatic carbocycles. The number of methoxy groups -OCH3 is 1. The van der Waals surface area contributed by atoms with E-state index in [-0.39, 0.29) is 25.2 Å².